The van der Waals surface area contributed by atoms with Crippen LogP contribution in [0.25, 0.3) is 0 Å². The molecule has 2 aromatic rings. The number of hydrogen-bond donors (Lipinski definition) is 1. The van der Waals surface area contributed by atoms with Crippen LogP contribution in [0.2, 0.25) is 0 Å². The fourth-order valence-electron chi connectivity index (χ4n) is 1.95. The third-order valence-electron chi connectivity index (χ3n) is 3.17. The van der Waals surface area contributed by atoms with Crippen LogP contribution in [0, 0.1) is 11.7 Å². The van der Waals surface area contributed by atoms with Crippen molar-refractivity contribution in [1.82, 2.24) is 4.98 Å². The molecule has 0 spiro atoms. The van der Waals surface area contributed by atoms with Gasteiger partial charge in [-0.15, -0.1) is 0 Å². The molecular weight excluding hydrogens is 287 g/mol. The molecular formula is C16H15FN2O3. The number of aliphatic carboxylic acids is 1. The number of carbonyl (C=O) groups excluding carboxylic acids is 1. The van der Waals surface area contributed by atoms with E-state index < -0.39 is 23.6 Å². The molecule has 2 rings (SSSR count). The van der Waals surface area contributed by atoms with Crippen molar-refractivity contribution in [2.75, 3.05) is 11.4 Å². The number of amides is 1. The van der Waals surface area contributed by atoms with E-state index in [1.54, 1.807) is 6.07 Å². The maximum Gasteiger partial charge on any atom is 0.308 e. The van der Waals surface area contributed by atoms with E-state index in [-0.39, 0.29) is 6.54 Å². The van der Waals surface area contributed by atoms with Crippen LogP contribution in [-0.4, -0.2) is 28.5 Å². The Labute approximate surface area is 127 Å². The van der Waals surface area contributed by atoms with Gasteiger partial charge in [0.05, 0.1) is 5.92 Å². The van der Waals surface area contributed by atoms with E-state index in [1.165, 1.54) is 54.5 Å². The van der Waals surface area contributed by atoms with Crippen molar-refractivity contribution in [3.63, 3.8) is 0 Å². The molecule has 1 N–H and O–H groups in total. The second kappa shape index (κ2) is 6.80. The van der Waals surface area contributed by atoms with Gasteiger partial charge < -0.3 is 10.0 Å². The smallest absolute Gasteiger partial charge is 0.308 e. The summed E-state index contributed by atoms with van der Waals surface area (Å²) in [6.07, 6.45) is 2.94. The first-order chi connectivity index (χ1) is 10.5. The summed E-state index contributed by atoms with van der Waals surface area (Å²) in [6, 6.07) is 8.56. The number of carboxylic acids is 1. The Kier molecular flexibility index (Phi) is 4.83. The van der Waals surface area contributed by atoms with Crippen molar-refractivity contribution in [1.29, 1.82) is 0 Å². The maximum absolute atomic E-state index is 13.4. The fourth-order valence-corrected chi connectivity index (χ4v) is 1.95. The van der Waals surface area contributed by atoms with Crippen molar-refractivity contribution >= 4 is 17.6 Å². The van der Waals surface area contributed by atoms with Gasteiger partial charge in [0.1, 0.15) is 5.82 Å². The van der Waals surface area contributed by atoms with Crippen molar-refractivity contribution in [3.05, 3.63) is 60.2 Å². The van der Waals surface area contributed by atoms with E-state index in [9.17, 15) is 14.0 Å². The third-order valence-corrected chi connectivity index (χ3v) is 3.17. The molecule has 0 bridgehead atoms. The second-order valence-corrected chi connectivity index (χ2v) is 4.87. The van der Waals surface area contributed by atoms with Crippen molar-refractivity contribution < 1.29 is 19.1 Å². The average molecular weight is 302 g/mol. The highest BCUT2D eigenvalue weighted by molar-refractivity contribution is 6.06. The number of carbonyl (C=O) groups is 2. The third kappa shape index (κ3) is 3.66. The summed E-state index contributed by atoms with van der Waals surface area (Å²) >= 11 is 0. The Hall–Kier alpha value is -2.76. The summed E-state index contributed by atoms with van der Waals surface area (Å²) in [5, 5.41) is 9.06. The standard InChI is InChI=1S/C16H15FN2O3/c1-11(16(21)22)10-19(14-4-2-3-13(17)9-14)15(20)12-5-7-18-8-6-12/h2-9,11H,10H2,1H3,(H,21,22). The largest absolute Gasteiger partial charge is 0.481 e. The molecule has 1 aromatic heterocycles. The zero-order valence-corrected chi connectivity index (χ0v) is 11.9. The zero-order chi connectivity index (χ0) is 16.1. The lowest BCUT2D eigenvalue weighted by molar-refractivity contribution is -0.140. The number of pyridine rings is 1. The lowest BCUT2D eigenvalue weighted by Crippen LogP contribution is -2.37. The van der Waals surface area contributed by atoms with Gasteiger partial charge in [-0.2, -0.15) is 0 Å². The lowest BCUT2D eigenvalue weighted by atomic mass is 10.1. The molecule has 1 heterocycles. The lowest BCUT2D eigenvalue weighted by Gasteiger charge is -2.24. The molecule has 1 amide bonds. The first-order valence-corrected chi connectivity index (χ1v) is 6.69. The van der Waals surface area contributed by atoms with E-state index in [2.05, 4.69) is 4.98 Å². The first-order valence-electron chi connectivity index (χ1n) is 6.69. The van der Waals surface area contributed by atoms with Crippen LogP contribution >= 0.6 is 0 Å². The molecule has 22 heavy (non-hydrogen) atoms. The minimum atomic E-state index is -1.02. The van der Waals surface area contributed by atoms with Gasteiger partial charge in [0, 0.05) is 30.2 Å². The minimum absolute atomic E-state index is 0.0556. The number of hydrogen-bond acceptors (Lipinski definition) is 3. The number of rotatable bonds is 5. The number of anilines is 1. The molecule has 0 saturated carbocycles. The Morgan fingerprint density at radius 2 is 1.95 bits per heavy atom. The van der Waals surface area contributed by atoms with Gasteiger partial charge in [-0.05, 0) is 30.3 Å². The second-order valence-electron chi connectivity index (χ2n) is 4.87. The molecule has 0 aliphatic rings. The molecule has 0 aliphatic heterocycles. The number of nitrogens with zero attached hydrogens (tertiary/aromatic N) is 2. The van der Waals surface area contributed by atoms with Crippen LogP contribution in [0.5, 0.6) is 0 Å². The highest BCUT2D eigenvalue weighted by atomic mass is 19.1. The van der Waals surface area contributed by atoms with E-state index in [4.69, 9.17) is 5.11 Å². The minimum Gasteiger partial charge on any atom is -0.481 e. The molecule has 0 radical (unpaired) electrons. The van der Waals surface area contributed by atoms with Gasteiger partial charge in [0.25, 0.3) is 5.91 Å². The van der Waals surface area contributed by atoms with E-state index in [0.29, 0.717) is 11.3 Å². The molecule has 5 nitrogen and oxygen atoms in total. The molecule has 0 fully saturated rings. The van der Waals surface area contributed by atoms with E-state index in [0.717, 1.165) is 0 Å². The van der Waals surface area contributed by atoms with Gasteiger partial charge in [-0.3, -0.25) is 14.6 Å². The predicted molar refractivity (Wildman–Crippen MR) is 79.1 cm³/mol. The summed E-state index contributed by atoms with van der Waals surface area (Å²) in [7, 11) is 0. The van der Waals surface area contributed by atoms with E-state index >= 15 is 0 Å². The topological polar surface area (TPSA) is 70.5 Å². The highest BCUT2D eigenvalue weighted by Crippen LogP contribution is 2.20. The molecule has 0 saturated heterocycles. The molecule has 0 aliphatic carbocycles. The zero-order valence-electron chi connectivity index (χ0n) is 11.9. The van der Waals surface area contributed by atoms with E-state index in [1.807, 2.05) is 0 Å². The van der Waals surface area contributed by atoms with Crippen LogP contribution < -0.4 is 4.90 Å². The quantitative estimate of drug-likeness (QED) is 0.921. The van der Waals surface area contributed by atoms with Gasteiger partial charge in [-0.1, -0.05) is 13.0 Å². The monoisotopic (exact) mass is 302 g/mol. The van der Waals surface area contributed by atoms with Crippen LogP contribution in [0.15, 0.2) is 48.8 Å². The number of carboxylic acid groups (broad SMARTS) is 1. The Balaban J connectivity index is 2.37. The Morgan fingerprint density at radius 3 is 2.55 bits per heavy atom. The van der Waals surface area contributed by atoms with Crippen molar-refractivity contribution in [2.45, 2.75) is 6.92 Å². The Bertz CT molecular complexity index is 676. The van der Waals surface area contributed by atoms with Gasteiger partial charge in [0.15, 0.2) is 0 Å². The molecule has 114 valence electrons. The van der Waals surface area contributed by atoms with Crippen LogP contribution in [0.1, 0.15) is 17.3 Å². The first kappa shape index (κ1) is 15.6. The number of aromatic nitrogens is 1. The van der Waals surface area contributed by atoms with Gasteiger partial charge in [0.2, 0.25) is 0 Å². The molecule has 6 heteroatoms. The van der Waals surface area contributed by atoms with Crippen molar-refractivity contribution in [3.8, 4) is 0 Å². The number of benzene rings is 1. The summed E-state index contributed by atoms with van der Waals surface area (Å²) < 4.78 is 13.4. The summed E-state index contributed by atoms with van der Waals surface area (Å²) in [6.45, 7) is 1.44. The maximum atomic E-state index is 13.4. The summed E-state index contributed by atoms with van der Waals surface area (Å²) in [5.41, 5.74) is 0.673. The van der Waals surface area contributed by atoms with Gasteiger partial charge >= 0.3 is 5.97 Å². The van der Waals surface area contributed by atoms with Crippen molar-refractivity contribution in [2.24, 2.45) is 5.92 Å². The summed E-state index contributed by atoms with van der Waals surface area (Å²) in [4.78, 5) is 28.8. The van der Waals surface area contributed by atoms with Gasteiger partial charge in [-0.25, -0.2) is 4.39 Å². The SMILES string of the molecule is CC(CN(C(=O)c1ccncc1)c1cccc(F)c1)C(=O)O. The van der Waals surface area contributed by atoms with Crippen LogP contribution in [0.3, 0.4) is 0 Å². The van der Waals surface area contributed by atoms with Crippen LogP contribution in [-0.2, 0) is 4.79 Å². The Morgan fingerprint density at radius 1 is 1.27 bits per heavy atom. The predicted octanol–water partition coefficient (Wildman–Crippen LogP) is 2.59. The van der Waals surface area contributed by atoms with Crippen LogP contribution in [0.4, 0.5) is 10.1 Å². The normalized spacial score (nSPS) is 11.7. The summed E-state index contributed by atoms with van der Waals surface area (Å²) in [5.74, 6) is -2.70. The number of halogens is 1. The highest BCUT2D eigenvalue weighted by Gasteiger charge is 2.23. The average Bonchev–Trinajstić information content (AvgIpc) is 2.52. The molecule has 1 unspecified atom stereocenters. The molecule has 1 aromatic carbocycles. The molecule has 1 atom stereocenters. The fraction of sp³-hybridized carbons (Fsp3) is 0.188.